The fourth-order valence-electron chi connectivity index (χ4n) is 4.94. The Morgan fingerprint density at radius 3 is 2.27 bits per heavy atom. The number of nitrogens with one attached hydrogen (secondary N) is 1. The van der Waals surface area contributed by atoms with Gasteiger partial charge in [-0.05, 0) is 71.2 Å². The summed E-state index contributed by atoms with van der Waals surface area (Å²) in [5.74, 6) is -0.494. The fourth-order valence-corrected chi connectivity index (χ4v) is 4.94. The number of aromatic nitrogens is 4. The van der Waals surface area contributed by atoms with E-state index >= 15 is 0 Å². The van der Waals surface area contributed by atoms with Crippen molar-refractivity contribution in [1.29, 1.82) is 0 Å². The van der Waals surface area contributed by atoms with Gasteiger partial charge < -0.3 is 15.1 Å². The van der Waals surface area contributed by atoms with Crippen LogP contribution >= 0.6 is 0 Å². The third-order valence-corrected chi connectivity index (χ3v) is 7.43. The van der Waals surface area contributed by atoms with Crippen LogP contribution in [0.15, 0.2) is 103 Å². The number of rotatable bonds is 11. The molecule has 0 aliphatic carbocycles. The highest BCUT2D eigenvalue weighted by atomic mass is 16.6. The Hall–Kier alpha value is -6.29. The van der Waals surface area contributed by atoms with Crippen LogP contribution in [0.3, 0.4) is 0 Å². The molecule has 5 aromatic rings. The number of non-ortho nitro benzene ring substituents is 1. The van der Waals surface area contributed by atoms with Crippen molar-refractivity contribution in [3.05, 3.63) is 115 Å². The lowest BCUT2D eigenvalue weighted by Gasteiger charge is -2.14. The fraction of sp³-hybridized carbons (Fsp3) is 0.219. The number of aromatic hydroxyl groups is 2. The van der Waals surface area contributed by atoms with Gasteiger partial charge in [0.25, 0.3) is 28.4 Å². The Labute approximate surface area is 273 Å². The van der Waals surface area contributed by atoms with Crippen LogP contribution < -0.4 is 15.7 Å². The van der Waals surface area contributed by atoms with Crippen LogP contribution in [0.25, 0.3) is 11.4 Å². The summed E-state index contributed by atoms with van der Waals surface area (Å²) < 4.78 is 4.26. The summed E-state index contributed by atoms with van der Waals surface area (Å²) in [5, 5.41) is 51.6. The minimum atomic E-state index is -0.632. The molecule has 246 valence electrons. The number of phenolic OH excluding ortho intramolecular Hbond substituents is 1. The van der Waals surface area contributed by atoms with Gasteiger partial charge in [-0.1, -0.05) is 6.07 Å². The Morgan fingerprint density at radius 1 is 0.917 bits per heavy atom. The standard InChI is InChI=1S/C32H32N10O6/c1-20-27(30(44)40(18-8-15-38(3)4)32(46)29(20)39-16-6-5-7-17-39)35-33-22-9-11-23(12-10-22)41-31(45)28(21(2)37-41)36-34-25-19-24(42(47)48)13-14-26(25)43/h5-7,9-14,16-17,19H,8,15,18H2,1-4H3,(H2-,33,34,35,36,37,43,44,45,46)/p+1. The zero-order valence-electron chi connectivity index (χ0n) is 26.6. The van der Waals surface area contributed by atoms with Crippen LogP contribution in [0.2, 0.25) is 0 Å². The van der Waals surface area contributed by atoms with Gasteiger partial charge >= 0.3 is 0 Å². The SMILES string of the molecule is Cc1[nH]n(-c2ccc(N=Nc3c(C)c(-[n+]4ccccc4)c(O)n(CCCN(C)C)c3=O)cc2)c(=O)c1N=Nc1cc([N+](=O)[O-])ccc1O. The summed E-state index contributed by atoms with van der Waals surface area (Å²) in [6.45, 7) is 4.30. The molecule has 0 aliphatic rings. The maximum atomic E-state index is 13.5. The van der Waals surface area contributed by atoms with E-state index in [0.717, 1.165) is 18.2 Å². The van der Waals surface area contributed by atoms with Crippen molar-refractivity contribution in [2.75, 3.05) is 20.6 Å². The van der Waals surface area contributed by atoms with Crippen molar-refractivity contribution in [1.82, 2.24) is 19.2 Å². The zero-order valence-corrected chi connectivity index (χ0v) is 26.6. The quantitative estimate of drug-likeness (QED) is 0.0741. The normalized spacial score (nSPS) is 11.7. The highest BCUT2D eigenvalue weighted by Crippen LogP contribution is 2.32. The largest absolute Gasteiger partial charge is 0.506 e. The first-order valence-electron chi connectivity index (χ1n) is 14.8. The molecule has 0 bridgehead atoms. The summed E-state index contributed by atoms with van der Waals surface area (Å²) in [4.78, 5) is 39.1. The monoisotopic (exact) mass is 653 g/mol. The number of azo groups is 2. The van der Waals surface area contributed by atoms with Gasteiger partial charge in [0, 0.05) is 30.8 Å². The van der Waals surface area contributed by atoms with E-state index in [2.05, 4.69) is 25.6 Å². The molecule has 16 heteroatoms. The molecule has 2 aromatic carbocycles. The molecule has 16 nitrogen and oxygen atoms in total. The number of hydrogen-bond donors (Lipinski definition) is 3. The molecule has 5 rings (SSSR count). The summed E-state index contributed by atoms with van der Waals surface area (Å²) in [6, 6.07) is 15.2. The van der Waals surface area contributed by atoms with Crippen molar-refractivity contribution in [2.24, 2.45) is 20.5 Å². The van der Waals surface area contributed by atoms with Crippen LogP contribution in [0.5, 0.6) is 11.6 Å². The molecule has 3 aromatic heterocycles. The van der Waals surface area contributed by atoms with Gasteiger partial charge in [-0.3, -0.25) is 29.4 Å². The van der Waals surface area contributed by atoms with Gasteiger partial charge in [0.1, 0.15) is 11.4 Å². The first-order valence-corrected chi connectivity index (χ1v) is 14.8. The van der Waals surface area contributed by atoms with Crippen molar-refractivity contribution in [2.45, 2.75) is 26.8 Å². The molecule has 0 saturated carbocycles. The second-order valence-electron chi connectivity index (χ2n) is 11.1. The number of nitro groups is 1. The van der Waals surface area contributed by atoms with Crippen LogP contribution in [0.4, 0.5) is 28.4 Å². The van der Waals surface area contributed by atoms with Crippen molar-refractivity contribution >= 4 is 28.4 Å². The highest BCUT2D eigenvalue weighted by molar-refractivity contribution is 5.58. The first-order chi connectivity index (χ1) is 23.0. The molecule has 0 spiro atoms. The lowest BCUT2D eigenvalue weighted by molar-refractivity contribution is -0.597. The summed E-state index contributed by atoms with van der Waals surface area (Å²) in [6.07, 6.45) is 4.16. The van der Waals surface area contributed by atoms with Gasteiger partial charge in [-0.15, -0.1) is 15.3 Å². The molecular formula is C32H33N10O6+. The number of H-pyrrole nitrogens is 1. The topological polar surface area (TPSA) is 200 Å². The van der Waals surface area contributed by atoms with E-state index in [1.807, 2.05) is 37.2 Å². The third-order valence-electron chi connectivity index (χ3n) is 7.43. The number of nitro benzene ring substituents is 1. The predicted molar refractivity (Wildman–Crippen MR) is 176 cm³/mol. The lowest BCUT2D eigenvalue weighted by atomic mass is 10.2. The minimum absolute atomic E-state index is 0.0542. The number of phenols is 1. The average Bonchev–Trinajstić information content (AvgIpc) is 3.35. The smallest absolute Gasteiger partial charge is 0.299 e. The van der Waals surface area contributed by atoms with Gasteiger partial charge in [0.05, 0.1) is 27.6 Å². The zero-order chi connectivity index (χ0) is 34.5. The average molecular weight is 654 g/mol. The van der Waals surface area contributed by atoms with Crippen LogP contribution in [-0.4, -0.2) is 55.0 Å². The van der Waals surface area contributed by atoms with Crippen molar-refractivity contribution in [3.63, 3.8) is 0 Å². The van der Waals surface area contributed by atoms with Gasteiger partial charge in [0.2, 0.25) is 0 Å². The highest BCUT2D eigenvalue weighted by Gasteiger charge is 2.26. The van der Waals surface area contributed by atoms with Crippen LogP contribution in [0.1, 0.15) is 17.7 Å². The van der Waals surface area contributed by atoms with Crippen LogP contribution in [-0.2, 0) is 6.54 Å². The molecule has 3 N–H and O–H groups in total. The van der Waals surface area contributed by atoms with E-state index in [1.165, 1.54) is 9.25 Å². The number of pyridine rings is 2. The first kappa shape index (κ1) is 33.1. The van der Waals surface area contributed by atoms with Crippen LogP contribution in [0, 0.1) is 24.0 Å². The molecule has 0 saturated heterocycles. The Bertz CT molecular complexity index is 2150. The molecule has 0 aliphatic heterocycles. The number of benzene rings is 2. The van der Waals surface area contributed by atoms with E-state index in [0.29, 0.717) is 41.3 Å². The maximum absolute atomic E-state index is 13.5. The molecule has 3 heterocycles. The molecule has 0 atom stereocenters. The molecule has 0 radical (unpaired) electrons. The van der Waals surface area contributed by atoms with Gasteiger partial charge in [-0.25, -0.2) is 4.68 Å². The van der Waals surface area contributed by atoms with E-state index in [4.69, 9.17) is 0 Å². The van der Waals surface area contributed by atoms with Crippen molar-refractivity contribution < 1.29 is 19.7 Å². The summed E-state index contributed by atoms with van der Waals surface area (Å²) >= 11 is 0. The molecule has 0 amide bonds. The minimum Gasteiger partial charge on any atom is -0.506 e. The number of aromatic amines is 1. The van der Waals surface area contributed by atoms with Gasteiger partial charge in [0.15, 0.2) is 23.8 Å². The van der Waals surface area contributed by atoms with E-state index < -0.39 is 16.0 Å². The summed E-state index contributed by atoms with van der Waals surface area (Å²) in [5.41, 5.74) is 0.627. The second-order valence-corrected chi connectivity index (χ2v) is 11.1. The Kier molecular flexibility index (Phi) is 9.65. The number of hydrogen-bond acceptors (Lipinski definition) is 11. The van der Waals surface area contributed by atoms with E-state index in [9.17, 15) is 29.9 Å². The molecule has 48 heavy (non-hydrogen) atoms. The maximum Gasteiger partial charge on any atom is 0.299 e. The summed E-state index contributed by atoms with van der Waals surface area (Å²) in [7, 11) is 3.86. The van der Waals surface area contributed by atoms with Gasteiger partial charge in [-0.2, -0.15) is 9.68 Å². The Balaban J connectivity index is 1.44. The molecule has 0 unspecified atom stereocenters. The molecular weight excluding hydrogens is 620 g/mol. The van der Waals surface area contributed by atoms with Crippen molar-refractivity contribution in [3.8, 4) is 23.0 Å². The lowest BCUT2D eigenvalue weighted by Crippen LogP contribution is -2.34. The Morgan fingerprint density at radius 2 is 1.60 bits per heavy atom. The van der Waals surface area contributed by atoms with E-state index in [-0.39, 0.29) is 40.9 Å². The predicted octanol–water partition coefficient (Wildman–Crippen LogP) is 5.32. The number of nitrogens with zero attached hydrogens (tertiary/aromatic N) is 9. The van der Waals surface area contributed by atoms with E-state index in [1.54, 1.807) is 55.1 Å². The second kappa shape index (κ2) is 14.0. The number of aryl methyl sites for hydroxylation is 1. The third kappa shape index (κ3) is 6.92. The molecule has 0 fully saturated rings.